The molecule has 1 heterocycles. The molecule has 3 rings (SSSR count). The molecular weight excluding hydrogens is 431 g/mol. The van der Waals surface area contributed by atoms with E-state index >= 15 is 0 Å². The molecular formula is C24H31FN2O4S. The summed E-state index contributed by atoms with van der Waals surface area (Å²) in [5.74, 6) is 0.0355. The average molecular weight is 463 g/mol. The summed E-state index contributed by atoms with van der Waals surface area (Å²) in [7, 11) is -2.17. The van der Waals surface area contributed by atoms with Crippen LogP contribution in [0.1, 0.15) is 44.7 Å². The maximum absolute atomic E-state index is 13.2. The summed E-state index contributed by atoms with van der Waals surface area (Å²) in [5, 5.41) is 3.14. The van der Waals surface area contributed by atoms with Crippen LogP contribution in [0.4, 0.5) is 4.39 Å². The van der Waals surface area contributed by atoms with Gasteiger partial charge < -0.3 is 10.1 Å². The van der Waals surface area contributed by atoms with Crippen molar-refractivity contribution in [1.29, 1.82) is 0 Å². The number of benzene rings is 2. The second-order valence-corrected chi connectivity index (χ2v) is 10.6. The third-order valence-corrected chi connectivity index (χ3v) is 7.63. The maximum atomic E-state index is 13.2. The Morgan fingerprint density at radius 1 is 1.16 bits per heavy atom. The molecule has 2 atom stereocenters. The molecule has 0 spiro atoms. The van der Waals surface area contributed by atoms with Crippen LogP contribution in [0, 0.1) is 17.7 Å². The number of sulfonamides is 1. The van der Waals surface area contributed by atoms with Gasteiger partial charge in [-0.1, -0.05) is 26.0 Å². The van der Waals surface area contributed by atoms with Crippen molar-refractivity contribution in [1.82, 2.24) is 9.62 Å². The normalized spacial score (nSPS) is 18.3. The van der Waals surface area contributed by atoms with Crippen LogP contribution in [0.2, 0.25) is 0 Å². The lowest BCUT2D eigenvalue weighted by molar-refractivity contribution is -0.127. The smallest absolute Gasteiger partial charge is 0.243 e. The zero-order valence-electron chi connectivity index (χ0n) is 18.8. The first-order valence-corrected chi connectivity index (χ1v) is 12.3. The molecule has 0 unspecified atom stereocenters. The molecule has 1 fully saturated rings. The van der Waals surface area contributed by atoms with Gasteiger partial charge in [0.15, 0.2) is 0 Å². The minimum Gasteiger partial charge on any atom is -0.497 e. The Morgan fingerprint density at radius 2 is 1.81 bits per heavy atom. The number of halogens is 1. The van der Waals surface area contributed by atoms with E-state index < -0.39 is 21.8 Å². The highest BCUT2D eigenvalue weighted by atomic mass is 32.2. The highest BCUT2D eigenvalue weighted by Crippen LogP contribution is 2.27. The Balaban J connectivity index is 1.72. The third-order valence-electron chi connectivity index (χ3n) is 5.75. The van der Waals surface area contributed by atoms with Crippen molar-refractivity contribution in [2.24, 2.45) is 11.8 Å². The Labute approximate surface area is 189 Å². The lowest BCUT2D eigenvalue weighted by Crippen LogP contribution is -2.46. The van der Waals surface area contributed by atoms with Gasteiger partial charge in [-0.3, -0.25) is 4.79 Å². The predicted molar refractivity (Wildman–Crippen MR) is 121 cm³/mol. The quantitative estimate of drug-likeness (QED) is 0.640. The number of ether oxygens (including phenoxy) is 1. The monoisotopic (exact) mass is 462 g/mol. The number of carbonyl (C=O) groups excluding carboxylic acids is 1. The van der Waals surface area contributed by atoms with Crippen molar-refractivity contribution in [2.45, 2.75) is 44.0 Å². The number of nitrogens with zero attached hydrogens (tertiary/aromatic N) is 1. The van der Waals surface area contributed by atoms with E-state index in [-0.39, 0.29) is 23.4 Å². The largest absolute Gasteiger partial charge is 0.497 e. The number of nitrogens with one attached hydrogen (secondary N) is 1. The lowest BCUT2D eigenvalue weighted by atomic mass is 9.94. The SMILES string of the molecule is COc1ccc([C@H](CC(C)C)NC(=O)[C@H]2CCCN(S(=O)(=O)c3ccc(F)cc3)C2)cc1. The Bertz CT molecular complexity index is 1010. The van der Waals surface area contributed by atoms with E-state index in [1.54, 1.807) is 7.11 Å². The fourth-order valence-electron chi connectivity index (χ4n) is 4.01. The average Bonchev–Trinajstić information content (AvgIpc) is 2.78. The van der Waals surface area contributed by atoms with Crippen LogP contribution >= 0.6 is 0 Å². The molecule has 0 radical (unpaired) electrons. The molecule has 1 aliphatic rings. The van der Waals surface area contributed by atoms with E-state index in [1.807, 2.05) is 24.3 Å². The van der Waals surface area contributed by atoms with Crippen molar-refractivity contribution >= 4 is 15.9 Å². The van der Waals surface area contributed by atoms with E-state index in [0.717, 1.165) is 29.9 Å². The number of piperidine rings is 1. The van der Waals surface area contributed by atoms with Gasteiger partial charge in [-0.2, -0.15) is 4.31 Å². The summed E-state index contributed by atoms with van der Waals surface area (Å²) in [6, 6.07) is 12.2. The molecule has 2 aromatic rings. The molecule has 0 saturated carbocycles. The molecule has 0 aromatic heterocycles. The van der Waals surface area contributed by atoms with Gasteiger partial charge in [0.05, 0.1) is 24.0 Å². The number of rotatable bonds is 8. The molecule has 1 amide bonds. The Hall–Kier alpha value is -2.45. The van der Waals surface area contributed by atoms with Crippen LogP contribution in [0.5, 0.6) is 5.75 Å². The van der Waals surface area contributed by atoms with Crippen LogP contribution in [0.25, 0.3) is 0 Å². The van der Waals surface area contributed by atoms with Gasteiger partial charge >= 0.3 is 0 Å². The van der Waals surface area contributed by atoms with Crippen molar-refractivity contribution < 1.29 is 22.3 Å². The number of carbonyl (C=O) groups is 1. The molecule has 1 N–H and O–H groups in total. The highest BCUT2D eigenvalue weighted by molar-refractivity contribution is 7.89. The van der Waals surface area contributed by atoms with Crippen LogP contribution in [-0.2, 0) is 14.8 Å². The lowest BCUT2D eigenvalue weighted by Gasteiger charge is -2.32. The van der Waals surface area contributed by atoms with Gasteiger partial charge in [0.2, 0.25) is 15.9 Å². The van der Waals surface area contributed by atoms with E-state index in [1.165, 1.54) is 16.4 Å². The molecule has 0 bridgehead atoms. The molecule has 6 nitrogen and oxygen atoms in total. The minimum absolute atomic E-state index is 0.0378. The van der Waals surface area contributed by atoms with Crippen LogP contribution in [0.3, 0.4) is 0 Å². The molecule has 1 saturated heterocycles. The number of hydrogen-bond donors (Lipinski definition) is 1. The number of hydrogen-bond acceptors (Lipinski definition) is 4. The fraction of sp³-hybridized carbons (Fsp3) is 0.458. The van der Waals surface area contributed by atoms with E-state index in [2.05, 4.69) is 19.2 Å². The van der Waals surface area contributed by atoms with Crippen molar-refractivity contribution in [2.75, 3.05) is 20.2 Å². The summed E-state index contributed by atoms with van der Waals surface area (Å²) >= 11 is 0. The summed E-state index contributed by atoms with van der Waals surface area (Å²) in [6.07, 6.45) is 1.98. The first-order chi connectivity index (χ1) is 15.2. The van der Waals surface area contributed by atoms with Crippen LogP contribution in [0.15, 0.2) is 53.4 Å². The van der Waals surface area contributed by atoms with E-state index in [9.17, 15) is 17.6 Å². The molecule has 8 heteroatoms. The molecule has 174 valence electrons. The molecule has 32 heavy (non-hydrogen) atoms. The highest BCUT2D eigenvalue weighted by Gasteiger charge is 2.34. The summed E-state index contributed by atoms with van der Waals surface area (Å²) in [5.41, 5.74) is 0.986. The Morgan fingerprint density at radius 3 is 2.41 bits per heavy atom. The summed E-state index contributed by atoms with van der Waals surface area (Å²) in [4.78, 5) is 13.2. The maximum Gasteiger partial charge on any atom is 0.243 e. The minimum atomic E-state index is -3.78. The van der Waals surface area contributed by atoms with Crippen LogP contribution < -0.4 is 10.1 Å². The zero-order valence-corrected chi connectivity index (χ0v) is 19.6. The number of amides is 1. The predicted octanol–water partition coefficient (Wildman–Crippen LogP) is 4.14. The van der Waals surface area contributed by atoms with Crippen molar-refractivity contribution in [3.63, 3.8) is 0 Å². The van der Waals surface area contributed by atoms with E-state index in [4.69, 9.17) is 4.74 Å². The van der Waals surface area contributed by atoms with Gasteiger partial charge in [0.25, 0.3) is 0 Å². The second kappa shape index (κ2) is 10.4. The fourth-order valence-corrected chi connectivity index (χ4v) is 5.53. The van der Waals surface area contributed by atoms with Crippen molar-refractivity contribution in [3.8, 4) is 5.75 Å². The second-order valence-electron chi connectivity index (χ2n) is 8.62. The summed E-state index contributed by atoms with van der Waals surface area (Å²) in [6.45, 7) is 4.65. The zero-order chi connectivity index (χ0) is 23.3. The topological polar surface area (TPSA) is 75.7 Å². The molecule has 0 aliphatic carbocycles. The van der Waals surface area contributed by atoms with Gasteiger partial charge in [-0.15, -0.1) is 0 Å². The third kappa shape index (κ3) is 5.86. The first-order valence-electron chi connectivity index (χ1n) is 10.9. The molecule has 1 aliphatic heterocycles. The van der Waals surface area contributed by atoms with Gasteiger partial charge in [0, 0.05) is 13.1 Å². The van der Waals surface area contributed by atoms with E-state index in [0.29, 0.717) is 25.3 Å². The van der Waals surface area contributed by atoms with Crippen molar-refractivity contribution in [3.05, 3.63) is 59.9 Å². The first kappa shape index (κ1) is 24.2. The van der Waals surface area contributed by atoms with Gasteiger partial charge in [-0.05, 0) is 67.1 Å². The Kier molecular flexibility index (Phi) is 7.90. The van der Waals surface area contributed by atoms with Crippen LogP contribution in [-0.4, -0.2) is 38.8 Å². The van der Waals surface area contributed by atoms with Gasteiger partial charge in [0.1, 0.15) is 11.6 Å². The standard InChI is InChI=1S/C24H31FN2O4S/c1-17(2)15-23(18-6-10-21(31-3)11-7-18)26-24(28)19-5-4-14-27(16-19)32(29,30)22-12-8-20(25)9-13-22/h6-13,17,19,23H,4-5,14-16H2,1-3H3,(H,26,28)/t19-,23-/m0/s1. The number of methoxy groups -OCH3 is 1. The summed E-state index contributed by atoms with van der Waals surface area (Å²) < 4.78 is 45.7. The molecule has 2 aromatic carbocycles. The van der Waals surface area contributed by atoms with Gasteiger partial charge in [-0.25, -0.2) is 12.8 Å².